The molecule has 0 spiro atoms. The van der Waals surface area contributed by atoms with E-state index in [2.05, 4.69) is 64.7 Å². The van der Waals surface area contributed by atoms with E-state index >= 15 is 0 Å². The van der Waals surface area contributed by atoms with E-state index in [1.165, 1.54) is 17.4 Å². The molecule has 7 heteroatoms. The number of hydrogen-bond donors (Lipinski definition) is 0. The summed E-state index contributed by atoms with van der Waals surface area (Å²) in [5.41, 5.74) is 2.25. The minimum Gasteiger partial charge on any atom is -0.372 e. The van der Waals surface area contributed by atoms with Gasteiger partial charge in [-0.25, -0.2) is 0 Å². The van der Waals surface area contributed by atoms with Crippen LogP contribution in [0.25, 0.3) is 11.4 Å². The highest BCUT2D eigenvalue weighted by molar-refractivity contribution is 7.99. The number of nitrogens with zero attached hydrogens (tertiary/aromatic N) is 4. The van der Waals surface area contributed by atoms with Crippen LogP contribution >= 0.6 is 23.1 Å². The average Bonchev–Trinajstić information content (AvgIpc) is 3.33. The fraction of sp³-hybridized carbons (Fsp3) is 0.381. The van der Waals surface area contributed by atoms with Gasteiger partial charge in [0.25, 0.3) is 0 Å². The van der Waals surface area contributed by atoms with E-state index in [9.17, 15) is 4.79 Å². The largest absolute Gasteiger partial charge is 0.372 e. The second-order valence-corrected chi connectivity index (χ2v) is 8.62. The predicted molar refractivity (Wildman–Crippen MR) is 119 cm³/mol. The van der Waals surface area contributed by atoms with Crippen LogP contribution in [0, 0.1) is 6.92 Å². The third kappa shape index (κ3) is 4.47. The van der Waals surface area contributed by atoms with Crippen LogP contribution in [0.15, 0.2) is 41.6 Å². The summed E-state index contributed by atoms with van der Waals surface area (Å²) in [5.74, 6) is 1.35. The van der Waals surface area contributed by atoms with Gasteiger partial charge in [0.15, 0.2) is 16.8 Å². The Balaban J connectivity index is 1.75. The number of thioether (sulfide) groups is 1. The fourth-order valence-electron chi connectivity index (χ4n) is 3.09. The number of thiophene rings is 1. The van der Waals surface area contributed by atoms with Crippen molar-refractivity contribution in [3.8, 4) is 11.4 Å². The molecule has 3 rings (SSSR count). The van der Waals surface area contributed by atoms with Crippen molar-refractivity contribution in [3.05, 3.63) is 46.2 Å². The first-order valence-electron chi connectivity index (χ1n) is 9.58. The molecule has 0 bridgehead atoms. The van der Waals surface area contributed by atoms with Crippen LogP contribution in [0.2, 0.25) is 0 Å². The number of carbonyl (C=O) groups excluding carboxylic acids is 1. The molecule has 0 aliphatic carbocycles. The van der Waals surface area contributed by atoms with Crippen LogP contribution in [-0.4, -0.2) is 39.4 Å². The highest BCUT2D eigenvalue weighted by Gasteiger charge is 2.16. The third-order valence-electron chi connectivity index (χ3n) is 4.63. The molecule has 0 saturated carbocycles. The van der Waals surface area contributed by atoms with E-state index in [0.29, 0.717) is 5.75 Å². The lowest BCUT2D eigenvalue weighted by molar-refractivity contribution is 0.102. The maximum absolute atomic E-state index is 12.4. The first-order valence-corrected chi connectivity index (χ1v) is 11.4. The molecule has 0 aliphatic heterocycles. The molecular formula is C21H26N4OS2. The van der Waals surface area contributed by atoms with Gasteiger partial charge < -0.3 is 9.47 Å². The number of anilines is 1. The zero-order valence-electron chi connectivity index (χ0n) is 16.8. The standard InChI is InChI=1S/C21H26N4OS2/c1-5-24(6-2)17-11-9-16(10-12-17)20-22-23-21(25(20)7-3)27-14-18(26)19-13-8-15(4)28-19/h8-13H,5-7,14H2,1-4H3. The van der Waals surface area contributed by atoms with Crippen molar-refractivity contribution in [1.82, 2.24) is 14.8 Å². The quantitative estimate of drug-likeness (QED) is 0.358. The highest BCUT2D eigenvalue weighted by atomic mass is 32.2. The molecule has 0 aliphatic rings. The number of hydrogen-bond acceptors (Lipinski definition) is 6. The maximum Gasteiger partial charge on any atom is 0.191 e. The Morgan fingerprint density at radius 3 is 2.36 bits per heavy atom. The van der Waals surface area contributed by atoms with Crippen LogP contribution in [0.5, 0.6) is 0 Å². The maximum atomic E-state index is 12.4. The molecule has 28 heavy (non-hydrogen) atoms. The number of carbonyl (C=O) groups is 1. The van der Waals surface area contributed by atoms with Gasteiger partial charge in [-0.05, 0) is 64.1 Å². The number of aryl methyl sites for hydroxylation is 1. The highest BCUT2D eigenvalue weighted by Crippen LogP contribution is 2.27. The lowest BCUT2D eigenvalue weighted by Crippen LogP contribution is -2.21. The van der Waals surface area contributed by atoms with Gasteiger partial charge in [-0.2, -0.15) is 0 Å². The smallest absolute Gasteiger partial charge is 0.191 e. The van der Waals surface area contributed by atoms with Crippen LogP contribution in [0.3, 0.4) is 0 Å². The van der Waals surface area contributed by atoms with Gasteiger partial charge in [0, 0.05) is 35.8 Å². The van der Waals surface area contributed by atoms with E-state index in [1.54, 1.807) is 11.3 Å². The summed E-state index contributed by atoms with van der Waals surface area (Å²) in [6.45, 7) is 11.1. The van der Waals surface area contributed by atoms with Crippen LogP contribution in [-0.2, 0) is 6.54 Å². The monoisotopic (exact) mass is 414 g/mol. The first-order chi connectivity index (χ1) is 13.6. The van der Waals surface area contributed by atoms with Crippen LogP contribution in [0.1, 0.15) is 35.3 Å². The van der Waals surface area contributed by atoms with Crippen molar-refractivity contribution in [2.45, 2.75) is 39.4 Å². The van der Waals surface area contributed by atoms with Gasteiger partial charge in [0.05, 0.1) is 10.6 Å². The molecule has 0 amide bonds. The first kappa shape index (κ1) is 20.6. The second-order valence-electron chi connectivity index (χ2n) is 6.39. The van der Waals surface area contributed by atoms with Crippen molar-refractivity contribution < 1.29 is 4.79 Å². The normalized spacial score (nSPS) is 11.0. The van der Waals surface area contributed by atoms with Crippen molar-refractivity contribution in [1.29, 1.82) is 0 Å². The lowest BCUT2D eigenvalue weighted by atomic mass is 10.2. The second kappa shape index (κ2) is 9.39. The van der Waals surface area contributed by atoms with Crippen molar-refractivity contribution in [2.24, 2.45) is 0 Å². The molecule has 0 unspecified atom stereocenters. The summed E-state index contributed by atoms with van der Waals surface area (Å²) in [4.78, 5) is 16.7. The topological polar surface area (TPSA) is 51.0 Å². The van der Waals surface area contributed by atoms with Crippen LogP contribution < -0.4 is 4.90 Å². The molecule has 2 aromatic heterocycles. The summed E-state index contributed by atoms with van der Waals surface area (Å²) in [6.07, 6.45) is 0. The van der Waals surface area contributed by atoms with Crippen molar-refractivity contribution in [2.75, 3.05) is 23.7 Å². The van der Waals surface area contributed by atoms with E-state index in [1.807, 2.05) is 19.1 Å². The molecular weight excluding hydrogens is 388 g/mol. The van der Waals surface area contributed by atoms with Gasteiger partial charge in [0.2, 0.25) is 0 Å². The number of aromatic nitrogens is 3. The molecule has 0 saturated heterocycles. The Kier molecular flexibility index (Phi) is 6.91. The van der Waals surface area contributed by atoms with Gasteiger partial charge >= 0.3 is 0 Å². The van der Waals surface area contributed by atoms with Gasteiger partial charge in [-0.15, -0.1) is 21.5 Å². The van der Waals surface area contributed by atoms with Crippen molar-refractivity contribution in [3.63, 3.8) is 0 Å². The van der Waals surface area contributed by atoms with Gasteiger partial charge in [-0.3, -0.25) is 4.79 Å². The number of Topliss-reactive ketones (excluding diaryl/α,β-unsaturated/α-hetero) is 1. The SMILES string of the molecule is CCN(CC)c1ccc(-c2nnc(SCC(=O)c3ccc(C)s3)n2CC)cc1. The van der Waals surface area contributed by atoms with Crippen LogP contribution in [0.4, 0.5) is 5.69 Å². The zero-order valence-corrected chi connectivity index (χ0v) is 18.4. The molecule has 0 atom stereocenters. The number of benzene rings is 1. The van der Waals surface area contributed by atoms with E-state index in [-0.39, 0.29) is 5.78 Å². The predicted octanol–water partition coefficient (Wildman–Crippen LogP) is 5.16. The van der Waals surface area contributed by atoms with E-state index in [4.69, 9.17) is 0 Å². The summed E-state index contributed by atoms with van der Waals surface area (Å²) in [7, 11) is 0. The zero-order chi connectivity index (χ0) is 20.1. The van der Waals surface area contributed by atoms with Gasteiger partial charge in [-0.1, -0.05) is 11.8 Å². The summed E-state index contributed by atoms with van der Waals surface area (Å²) < 4.78 is 2.07. The lowest BCUT2D eigenvalue weighted by Gasteiger charge is -2.21. The summed E-state index contributed by atoms with van der Waals surface area (Å²) in [5, 5.41) is 9.52. The molecule has 148 valence electrons. The third-order valence-corrected chi connectivity index (χ3v) is 6.64. The molecule has 1 aromatic carbocycles. The van der Waals surface area contributed by atoms with E-state index in [0.717, 1.165) is 45.9 Å². The fourth-order valence-corrected chi connectivity index (χ4v) is 4.87. The minimum atomic E-state index is 0.138. The Morgan fingerprint density at radius 1 is 1.07 bits per heavy atom. The minimum absolute atomic E-state index is 0.138. The Bertz CT molecular complexity index is 926. The molecule has 0 radical (unpaired) electrons. The molecule has 2 heterocycles. The Hall–Kier alpha value is -2.12. The average molecular weight is 415 g/mol. The van der Waals surface area contributed by atoms with Gasteiger partial charge in [0.1, 0.15) is 0 Å². The molecule has 5 nitrogen and oxygen atoms in total. The van der Waals surface area contributed by atoms with E-state index < -0.39 is 0 Å². The molecule has 3 aromatic rings. The summed E-state index contributed by atoms with van der Waals surface area (Å²) >= 11 is 2.99. The number of rotatable bonds is 9. The van der Waals surface area contributed by atoms with Crippen molar-refractivity contribution >= 4 is 34.6 Å². The Morgan fingerprint density at radius 2 is 1.79 bits per heavy atom. The summed E-state index contributed by atoms with van der Waals surface area (Å²) in [6, 6.07) is 12.3. The number of ketones is 1. The Labute approximate surface area is 174 Å². The molecule has 0 fully saturated rings. The molecule has 0 N–H and O–H groups in total.